The molecule has 0 saturated heterocycles. The third-order valence-corrected chi connectivity index (χ3v) is 4.75. The lowest BCUT2D eigenvalue weighted by atomic mass is 10.3. The first-order valence-electron chi connectivity index (χ1n) is 6.86. The Morgan fingerprint density at radius 3 is 2.39 bits per heavy atom. The number of anilines is 1. The zero-order chi connectivity index (χ0) is 16.4. The molecule has 2 aromatic carbocycles. The van der Waals surface area contributed by atoms with E-state index < -0.39 is 15.8 Å². The topological polar surface area (TPSA) is 64.0 Å². The van der Waals surface area contributed by atoms with E-state index in [2.05, 4.69) is 9.82 Å². The number of hydrogen-bond acceptors (Lipinski definition) is 3. The van der Waals surface area contributed by atoms with Crippen LogP contribution in [0.3, 0.4) is 0 Å². The molecule has 7 heteroatoms. The van der Waals surface area contributed by atoms with Crippen molar-refractivity contribution in [2.24, 2.45) is 0 Å². The Hall–Kier alpha value is -2.67. The number of aromatic nitrogens is 2. The van der Waals surface area contributed by atoms with Crippen molar-refractivity contribution >= 4 is 15.7 Å². The van der Waals surface area contributed by atoms with Crippen LogP contribution in [0.25, 0.3) is 5.69 Å². The SMILES string of the molecule is Cc1nn(-c2ccccc2)cc1S(=O)(=O)Nc1ccccc1F. The molecule has 1 aromatic heterocycles. The van der Waals surface area contributed by atoms with Crippen molar-refractivity contribution in [2.45, 2.75) is 11.8 Å². The summed E-state index contributed by atoms with van der Waals surface area (Å²) in [4.78, 5) is 0.00426. The number of nitrogens with one attached hydrogen (secondary N) is 1. The molecule has 1 N–H and O–H groups in total. The van der Waals surface area contributed by atoms with E-state index in [-0.39, 0.29) is 10.6 Å². The fraction of sp³-hybridized carbons (Fsp3) is 0.0625. The fourth-order valence-electron chi connectivity index (χ4n) is 2.16. The molecule has 0 aliphatic heterocycles. The number of rotatable bonds is 4. The number of halogens is 1. The lowest BCUT2D eigenvalue weighted by molar-refractivity contribution is 0.598. The monoisotopic (exact) mass is 331 g/mol. The molecule has 0 amide bonds. The second-order valence-corrected chi connectivity index (χ2v) is 6.60. The van der Waals surface area contributed by atoms with Crippen LogP contribution in [0.4, 0.5) is 10.1 Å². The van der Waals surface area contributed by atoms with E-state index in [0.29, 0.717) is 5.69 Å². The Morgan fingerprint density at radius 1 is 1.04 bits per heavy atom. The van der Waals surface area contributed by atoms with Crippen molar-refractivity contribution in [3.05, 3.63) is 72.3 Å². The number of para-hydroxylation sites is 2. The number of aryl methyl sites for hydroxylation is 1. The van der Waals surface area contributed by atoms with Crippen LogP contribution in [0.1, 0.15) is 5.69 Å². The first kappa shape index (κ1) is 15.2. The van der Waals surface area contributed by atoms with Gasteiger partial charge in [-0.2, -0.15) is 5.10 Å². The van der Waals surface area contributed by atoms with E-state index >= 15 is 0 Å². The van der Waals surface area contributed by atoms with Gasteiger partial charge < -0.3 is 0 Å². The Labute approximate surface area is 133 Å². The van der Waals surface area contributed by atoms with Crippen LogP contribution in [0, 0.1) is 12.7 Å². The number of nitrogens with zero attached hydrogens (tertiary/aromatic N) is 2. The van der Waals surface area contributed by atoms with Crippen LogP contribution < -0.4 is 4.72 Å². The third kappa shape index (κ3) is 3.09. The predicted molar refractivity (Wildman–Crippen MR) is 85.5 cm³/mol. The van der Waals surface area contributed by atoms with Gasteiger partial charge in [0.25, 0.3) is 10.0 Å². The van der Waals surface area contributed by atoms with E-state index in [1.807, 2.05) is 30.3 Å². The predicted octanol–water partition coefficient (Wildman–Crippen LogP) is 3.12. The highest BCUT2D eigenvalue weighted by molar-refractivity contribution is 7.92. The maximum Gasteiger partial charge on any atom is 0.265 e. The second-order valence-electron chi connectivity index (χ2n) is 4.94. The molecular weight excluding hydrogens is 317 g/mol. The molecule has 23 heavy (non-hydrogen) atoms. The minimum absolute atomic E-state index is 0.00426. The Kier molecular flexibility index (Phi) is 3.87. The normalized spacial score (nSPS) is 11.4. The van der Waals surface area contributed by atoms with Crippen LogP contribution in [0.2, 0.25) is 0 Å². The molecule has 3 aromatic rings. The summed E-state index contributed by atoms with van der Waals surface area (Å²) in [5.74, 6) is -0.635. The van der Waals surface area contributed by atoms with Crippen molar-refractivity contribution in [2.75, 3.05) is 4.72 Å². The standard InChI is InChI=1S/C16H14FN3O2S/c1-12-16(11-20(18-12)13-7-3-2-4-8-13)23(21,22)19-15-10-6-5-9-14(15)17/h2-11,19H,1H3. The molecule has 0 aliphatic rings. The van der Waals surface area contributed by atoms with E-state index in [1.165, 1.54) is 29.1 Å². The molecule has 1 heterocycles. The van der Waals surface area contributed by atoms with Gasteiger partial charge in [-0.1, -0.05) is 30.3 Å². The zero-order valence-corrected chi connectivity index (χ0v) is 13.1. The molecule has 118 valence electrons. The highest BCUT2D eigenvalue weighted by atomic mass is 32.2. The van der Waals surface area contributed by atoms with Gasteiger partial charge in [0.05, 0.1) is 23.3 Å². The van der Waals surface area contributed by atoms with Gasteiger partial charge in [-0.3, -0.25) is 4.72 Å². The fourth-order valence-corrected chi connectivity index (χ4v) is 3.40. The summed E-state index contributed by atoms with van der Waals surface area (Å²) in [7, 11) is -3.93. The molecule has 5 nitrogen and oxygen atoms in total. The molecule has 0 aliphatic carbocycles. The maximum atomic E-state index is 13.7. The molecule has 0 bridgehead atoms. The molecule has 0 atom stereocenters. The van der Waals surface area contributed by atoms with Crippen LogP contribution in [-0.2, 0) is 10.0 Å². The van der Waals surface area contributed by atoms with Gasteiger partial charge in [0.15, 0.2) is 0 Å². The minimum Gasteiger partial charge on any atom is -0.277 e. The van der Waals surface area contributed by atoms with Crippen molar-refractivity contribution < 1.29 is 12.8 Å². The van der Waals surface area contributed by atoms with Crippen molar-refractivity contribution in [3.63, 3.8) is 0 Å². The first-order valence-corrected chi connectivity index (χ1v) is 8.35. The summed E-state index contributed by atoms with van der Waals surface area (Å²) in [6.07, 6.45) is 1.41. The lowest BCUT2D eigenvalue weighted by Gasteiger charge is -2.07. The highest BCUT2D eigenvalue weighted by Gasteiger charge is 2.22. The van der Waals surface area contributed by atoms with Crippen LogP contribution in [-0.4, -0.2) is 18.2 Å². The van der Waals surface area contributed by atoms with E-state index in [9.17, 15) is 12.8 Å². The van der Waals surface area contributed by atoms with E-state index in [1.54, 1.807) is 13.0 Å². The molecular formula is C16H14FN3O2S. The summed E-state index contributed by atoms with van der Waals surface area (Å²) in [6, 6.07) is 14.8. The van der Waals surface area contributed by atoms with E-state index in [4.69, 9.17) is 0 Å². The van der Waals surface area contributed by atoms with Crippen LogP contribution in [0.5, 0.6) is 0 Å². The minimum atomic E-state index is -3.93. The van der Waals surface area contributed by atoms with Gasteiger partial charge in [-0.25, -0.2) is 17.5 Å². The molecule has 3 rings (SSSR count). The van der Waals surface area contributed by atoms with Crippen LogP contribution >= 0.6 is 0 Å². The average Bonchev–Trinajstić information content (AvgIpc) is 2.93. The summed E-state index contributed by atoms with van der Waals surface area (Å²) in [5, 5.41) is 4.21. The maximum absolute atomic E-state index is 13.7. The summed E-state index contributed by atoms with van der Waals surface area (Å²) >= 11 is 0. The average molecular weight is 331 g/mol. The Bertz CT molecular complexity index is 937. The number of sulfonamides is 1. The summed E-state index contributed by atoms with van der Waals surface area (Å²) in [5.41, 5.74) is 0.972. The Morgan fingerprint density at radius 2 is 1.70 bits per heavy atom. The largest absolute Gasteiger partial charge is 0.277 e. The van der Waals surface area contributed by atoms with Gasteiger partial charge in [-0.15, -0.1) is 0 Å². The summed E-state index contributed by atoms with van der Waals surface area (Å²) < 4.78 is 42.4. The quantitative estimate of drug-likeness (QED) is 0.799. The molecule has 0 radical (unpaired) electrons. The van der Waals surface area contributed by atoms with Gasteiger partial charge in [0.1, 0.15) is 10.7 Å². The van der Waals surface area contributed by atoms with Gasteiger partial charge in [0, 0.05) is 0 Å². The first-order chi connectivity index (χ1) is 11.0. The van der Waals surface area contributed by atoms with Crippen molar-refractivity contribution in [1.29, 1.82) is 0 Å². The smallest absolute Gasteiger partial charge is 0.265 e. The van der Waals surface area contributed by atoms with Crippen LogP contribution in [0.15, 0.2) is 65.7 Å². The number of benzene rings is 2. The lowest BCUT2D eigenvalue weighted by Crippen LogP contribution is -2.14. The Balaban J connectivity index is 1.98. The highest BCUT2D eigenvalue weighted by Crippen LogP contribution is 2.21. The van der Waals surface area contributed by atoms with Gasteiger partial charge >= 0.3 is 0 Å². The summed E-state index contributed by atoms with van der Waals surface area (Å²) in [6.45, 7) is 1.59. The number of hydrogen-bond donors (Lipinski definition) is 1. The molecule has 0 unspecified atom stereocenters. The van der Waals surface area contributed by atoms with E-state index in [0.717, 1.165) is 5.69 Å². The molecule has 0 fully saturated rings. The van der Waals surface area contributed by atoms with Gasteiger partial charge in [-0.05, 0) is 31.2 Å². The molecule has 0 saturated carbocycles. The van der Waals surface area contributed by atoms with Crippen molar-refractivity contribution in [3.8, 4) is 5.69 Å². The molecule has 0 spiro atoms. The second kappa shape index (κ2) is 5.85. The zero-order valence-electron chi connectivity index (χ0n) is 12.3. The van der Waals surface area contributed by atoms with Crippen molar-refractivity contribution in [1.82, 2.24) is 9.78 Å². The third-order valence-electron chi connectivity index (χ3n) is 3.28. The van der Waals surface area contributed by atoms with Gasteiger partial charge in [0.2, 0.25) is 0 Å².